The van der Waals surface area contributed by atoms with Gasteiger partial charge in [-0.15, -0.1) is 10.2 Å². The molecular weight excluding hydrogens is 518 g/mol. The van der Waals surface area contributed by atoms with Gasteiger partial charge < -0.3 is 15.0 Å². The molecule has 5 aromatic rings. The second-order valence-electron chi connectivity index (χ2n) is 10.4. The first kappa shape index (κ1) is 25.0. The Kier molecular flexibility index (Phi) is 6.83. The largest absolute Gasteiger partial charge is 0.495 e. The fraction of sp³-hybridized carbons (Fsp3) is 0.290. The summed E-state index contributed by atoms with van der Waals surface area (Å²) in [6, 6.07) is 21.4. The van der Waals surface area contributed by atoms with Gasteiger partial charge in [0.15, 0.2) is 11.6 Å². The maximum atomic E-state index is 5.30. The molecule has 2 aliphatic heterocycles. The van der Waals surface area contributed by atoms with E-state index in [1.807, 2.05) is 18.3 Å². The summed E-state index contributed by atoms with van der Waals surface area (Å²) in [4.78, 5) is 16.3. The lowest BCUT2D eigenvalue weighted by atomic mass is 9.99. The van der Waals surface area contributed by atoms with Gasteiger partial charge in [0.05, 0.1) is 18.8 Å². The number of benzene rings is 2. The van der Waals surface area contributed by atoms with Gasteiger partial charge in [0.25, 0.3) is 0 Å². The van der Waals surface area contributed by atoms with Crippen LogP contribution in [0.5, 0.6) is 5.75 Å². The van der Waals surface area contributed by atoms with Crippen molar-refractivity contribution < 1.29 is 4.74 Å². The van der Waals surface area contributed by atoms with E-state index in [2.05, 4.69) is 78.7 Å². The van der Waals surface area contributed by atoms with Crippen LogP contribution in [0.15, 0.2) is 82.8 Å². The molecule has 0 radical (unpaired) electrons. The van der Waals surface area contributed by atoms with Crippen LogP contribution < -0.4 is 15.0 Å². The van der Waals surface area contributed by atoms with Crippen LogP contribution in [0.3, 0.4) is 0 Å². The number of nitrogens with one attached hydrogen (secondary N) is 1. The van der Waals surface area contributed by atoms with Crippen LogP contribution >= 0.6 is 11.8 Å². The number of piperazine rings is 1. The molecule has 0 aliphatic carbocycles. The van der Waals surface area contributed by atoms with Gasteiger partial charge in [0.2, 0.25) is 0 Å². The predicted octanol–water partition coefficient (Wildman–Crippen LogP) is 6.15. The maximum absolute atomic E-state index is 5.30. The summed E-state index contributed by atoms with van der Waals surface area (Å²) in [6.07, 6.45) is 7.47. The van der Waals surface area contributed by atoms with Crippen molar-refractivity contribution in [3.8, 4) is 5.75 Å². The third kappa shape index (κ3) is 4.91. The van der Waals surface area contributed by atoms with Crippen LogP contribution in [-0.2, 0) is 0 Å². The molecule has 2 fully saturated rings. The number of anilines is 3. The summed E-state index contributed by atoms with van der Waals surface area (Å²) < 4.78 is 5.30. The molecule has 0 bridgehead atoms. The van der Waals surface area contributed by atoms with E-state index in [0.29, 0.717) is 11.8 Å². The highest BCUT2D eigenvalue weighted by Crippen LogP contribution is 2.35. The normalized spacial score (nSPS) is 17.6. The summed E-state index contributed by atoms with van der Waals surface area (Å²) in [5.41, 5.74) is 2.65. The molecule has 1 atom stereocenters. The van der Waals surface area contributed by atoms with Crippen LogP contribution in [0.25, 0.3) is 21.8 Å². The van der Waals surface area contributed by atoms with E-state index >= 15 is 0 Å². The van der Waals surface area contributed by atoms with Crippen molar-refractivity contribution in [2.24, 2.45) is 0 Å². The lowest BCUT2D eigenvalue weighted by Crippen LogP contribution is -2.55. The van der Waals surface area contributed by atoms with Gasteiger partial charge in [-0.2, -0.15) is 0 Å². The summed E-state index contributed by atoms with van der Waals surface area (Å²) >= 11 is 1.67. The fourth-order valence-electron chi connectivity index (χ4n) is 5.82. The van der Waals surface area contributed by atoms with E-state index in [4.69, 9.17) is 9.84 Å². The molecule has 1 N–H and O–H groups in total. The zero-order valence-electron chi connectivity index (χ0n) is 22.5. The number of methoxy groups -OCH3 is 1. The molecule has 202 valence electrons. The maximum Gasteiger partial charge on any atom is 0.161 e. The molecule has 9 heteroatoms. The highest BCUT2D eigenvalue weighted by molar-refractivity contribution is 7.99. The molecule has 8 nitrogen and oxygen atoms in total. The van der Waals surface area contributed by atoms with E-state index in [0.717, 1.165) is 68.6 Å². The summed E-state index contributed by atoms with van der Waals surface area (Å²) in [5.74, 6) is 2.47. The first-order valence-corrected chi connectivity index (χ1v) is 14.6. The summed E-state index contributed by atoms with van der Waals surface area (Å²) in [5, 5.41) is 15.2. The molecule has 2 saturated heterocycles. The standard InChI is InChI=1S/C31H31N7OS/c1-39-23-18-27-29(33-19-23)28(13-14-32-27)40-24-11-9-21(10-12-24)34-30-25-7-2-3-8-26(25)31(36-35-30)38-17-16-37-15-5-4-6-22(37)20-38/h2-3,7-14,18-19,22H,4-6,15-17,20H2,1H3,(H,34,35)/t22-/m1/s1. The van der Waals surface area contributed by atoms with Crippen LogP contribution in [0, 0.1) is 0 Å². The minimum atomic E-state index is 0.626. The highest BCUT2D eigenvalue weighted by Gasteiger charge is 2.30. The molecule has 0 unspecified atom stereocenters. The zero-order chi connectivity index (χ0) is 26.9. The highest BCUT2D eigenvalue weighted by atomic mass is 32.2. The van der Waals surface area contributed by atoms with Crippen LogP contribution in [0.4, 0.5) is 17.3 Å². The smallest absolute Gasteiger partial charge is 0.161 e. The number of ether oxygens (including phenoxy) is 1. The van der Waals surface area contributed by atoms with E-state index in [-0.39, 0.29) is 0 Å². The topological polar surface area (TPSA) is 79.3 Å². The zero-order valence-corrected chi connectivity index (χ0v) is 23.3. The van der Waals surface area contributed by atoms with Crippen molar-refractivity contribution in [1.82, 2.24) is 25.1 Å². The number of pyridine rings is 2. The van der Waals surface area contributed by atoms with Gasteiger partial charge in [-0.1, -0.05) is 42.4 Å². The third-order valence-electron chi connectivity index (χ3n) is 7.90. The van der Waals surface area contributed by atoms with Crippen LogP contribution in [0.2, 0.25) is 0 Å². The average molecular weight is 550 g/mol. The lowest BCUT2D eigenvalue weighted by Gasteiger charge is -2.44. The van der Waals surface area contributed by atoms with E-state index in [1.54, 1.807) is 25.1 Å². The number of fused-ring (bicyclic) bond motifs is 3. The second-order valence-corrected chi connectivity index (χ2v) is 11.5. The molecule has 40 heavy (non-hydrogen) atoms. The van der Waals surface area contributed by atoms with Crippen LogP contribution in [0.1, 0.15) is 19.3 Å². The number of hydrogen-bond acceptors (Lipinski definition) is 9. The van der Waals surface area contributed by atoms with Gasteiger partial charge in [-0.05, 0) is 49.7 Å². The quantitative estimate of drug-likeness (QED) is 0.268. The molecule has 0 spiro atoms. The monoisotopic (exact) mass is 549 g/mol. The number of aromatic nitrogens is 4. The van der Waals surface area contributed by atoms with Gasteiger partial charge in [-0.3, -0.25) is 9.88 Å². The van der Waals surface area contributed by atoms with Crippen molar-refractivity contribution in [2.75, 3.05) is 43.5 Å². The molecule has 7 rings (SSSR count). The van der Waals surface area contributed by atoms with Gasteiger partial charge >= 0.3 is 0 Å². The SMILES string of the molecule is COc1cnc2c(Sc3ccc(Nc4nnc(N5CCN6CCCC[C@@H]6C5)c5ccccc45)cc3)ccnc2c1. The molecule has 5 heterocycles. The van der Waals surface area contributed by atoms with Gasteiger partial charge in [0.1, 0.15) is 11.3 Å². The van der Waals surface area contributed by atoms with E-state index in [9.17, 15) is 0 Å². The summed E-state index contributed by atoms with van der Waals surface area (Å²) in [6.45, 7) is 4.36. The van der Waals surface area contributed by atoms with Crippen LogP contribution in [-0.4, -0.2) is 64.4 Å². The minimum Gasteiger partial charge on any atom is -0.495 e. The molecule has 0 amide bonds. The van der Waals surface area contributed by atoms with E-state index < -0.39 is 0 Å². The Labute approximate surface area is 237 Å². The van der Waals surface area contributed by atoms with Crippen molar-refractivity contribution in [2.45, 2.75) is 35.1 Å². The molecule has 2 aromatic carbocycles. The Morgan fingerprint density at radius 1 is 0.925 bits per heavy atom. The number of piperidine rings is 1. The Hall–Kier alpha value is -3.95. The van der Waals surface area contributed by atoms with Crippen molar-refractivity contribution in [3.63, 3.8) is 0 Å². The Balaban J connectivity index is 1.10. The van der Waals surface area contributed by atoms with Crippen molar-refractivity contribution in [1.29, 1.82) is 0 Å². The lowest BCUT2D eigenvalue weighted by molar-refractivity contribution is 0.133. The van der Waals surface area contributed by atoms with E-state index in [1.165, 1.54) is 25.8 Å². The van der Waals surface area contributed by atoms with Crippen molar-refractivity contribution >= 4 is 50.9 Å². The van der Waals surface area contributed by atoms with Gasteiger partial charge in [0, 0.05) is 64.2 Å². The molecule has 3 aromatic heterocycles. The minimum absolute atomic E-state index is 0.626. The first-order valence-electron chi connectivity index (χ1n) is 13.8. The predicted molar refractivity (Wildman–Crippen MR) is 161 cm³/mol. The molecule has 0 saturated carbocycles. The Morgan fingerprint density at radius 3 is 2.67 bits per heavy atom. The van der Waals surface area contributed by atoms with Crippen molar-refractivity contribution in [3.05, 3.63) is 73.1 Å². The Bertz CT molecular complexity index is 1660. The first-order chi connectivity index (χ1) is 19.7. The molecule has 2 aliphatic rings. The average Bonchev–Trinajstić information content (AvgIpc) is 3.02. The number of hydrogen-bond donors (Lipinski definition) is 1. The molecular formula is C31H31N7OS. The van der Waals surface area contributed by atoms with Gasteiger partial charge in [-0.25, -0.2) is 4.98 Å². The third-order valence-corrected chi connectivity index (χ3v) is 8.96. The summed E-state index contributed by atoms with van der Waals surface area (Å²) in [7, 11) is 1.64. The number of rotatable bonds is 6. The fourth-order valence-corrected chi connectivity index (χ4v) is 6.72. The Morgan fingerprint density at radius 2 is 1.80 bits per heavy atom. The second kappa shape index (κ2) is 10.9. The number of nitrogens with zero attached hydrogens (tertiary/aromatic N) is 6.